The molecular formula is C45H27N3S. The number of aromatic nitrogens is 3. The van der Waals surface area contributed by atoms with Crippen LogP contribution in [0.3, 0.4) is 0 Å². The Morgan fingerprint density at radius 3 is 1.61 bits per heavy atom. The van der Waals surface area contributed by atoms with Crippen molar-refractivity contribution in [2.24, 2.45) is 0 Å². The van der Waals surface area contributed by atoms with Crippen LogP contribution in [-0.4, -0.2) is 15.0 Å². The number of pyridine rings is 1. The molecule has 4 heteroatoms. The van der Waals surface area contributed by atoms with Crippen molar-refractivity contribution >= 4 is 64.1 Å². The summed E-state index contributed by atoms with van der Waals surface area (Å²) in [5.41, 5.74) is 9.38. The summed E-state index contributed by atoms with van der Waals surface area (Å²) >= 11 is 1.87. The topological polar surface area (TPSA) is 38.7 Å². The zero-order valence-electron chi connectivity index (χ0n) is 26.3. The monoisotopic (exact) mass is 641 g/mol. The zero-order chi connectivity index (χ0) is 32.3. The molecule has 0 N–H and O–H groups in total. The van der Waals surface area contributed by atoms with Crippen molar-refractivity contribution in [2.75, 3.05) is 0 Å². The minimum absolute atomic E-state index is 0.724. The summed E-state index contributed by atoms with van der Waals surface area (Å²) in [6, 6.07) is 57.7. The van der Waals surface area contributed by atoms with Crippen molar-refractivity contribution in [1.82, 2.24) is 15.0 Å². The minimum atomic E-state index is 0.724. The lowest BCUT2D eigenvalue weighted by molar-refractivity contribution is 1.23. The van der Waals surface area contributed by atoms with Gasteiger partial charge in [-0.25, -0.2) is 15.0 Å². The Balaban J connectivity index is 1.04. The Hall–Kier alpha value is -6.23. The fraction of sp³-hybridized carbons (Fsp3) is 0. The van der Waals surface area contributed by atoms with E-state index in [0.29, 0.717) is 0 Å². The van der Waals surface area contributed by atoms with Crippen LogP contribution in [0.2, 0.25) is 0 Å². The van der Waals surface area contributed by atoms with E-state index in [2.05, 4.69) is 146 Å². The van der Waals surface area contributed by atoms with Gasteiger partial charge < -0.3 is 0 Å². The predicted octanol–water partition coefficient (Wildman–Crippen LogP) is 12.4. The van der Waals surface area contributed by atoms with Crippen LogP contribution < -0.4 is 0 Å². The first kappa shape index (κ1) is 27.8. The van der Waals surface area contributed by atoms with Crippen molar-refractivity contribution in [3.8, 4) is 45.0 Å². The minimum Gasteiger partial charge on any atom is -0.247 e. The highest BCUT2D eigenvalue weighted by molar-refractivity contribution is 7.26. The van der Waals surface area contributed by atoms with Gasteiger partial charge in [0.2, 0.25) is 0 Å². The molecule has 228 valence electrons. The van der Waals surface area contributed by atoms with Crippen molar-refractivity contribution in [3.63, 3.8) is 0 Å². The molecule has 0 radical (unpaired) electrons. The summed E-state index contributed by atoms with van der Waals surface area (Å²) in [6.45, 7) is 0. The molecule has 0 saturated carbocycles. The molecule has 0 aliphatic heterocycles. The molecular weight excluding hydrogens is 615 g/mol. The van der Waals surface area contributed by atoms with Crippen LogP contribution in [-0.2, 0) is 0 Å². The van der Waals surface area contributed by atoms with Crippen LogP contribution in [0, 0.1) is 0 Å². The van der Waals surface area contributed by atoms with Gasteiger partial charge >= 0.3 is 0 Å². The lowest BCUT2D eigenvalue weighted by atomic mass is 9.96. The van der Waals surface area contributed by atoms with Crippen LogP contribution in [0.15, 0.2) is 164 Å². The smallest absolute Gasteiger partial charge is 0.160 e. The molecule has 0 aliphatic rings. The first-order valence-electron chi connectivity index (χ1n) is 16.4. The van der Waals surface area contributed by atoms with Gasteiger partial charge in [0.05, 0.1) is 22.4 Å². The lowest BCUT2D eigenvalue weighted by Crippen LogP contribution is -1.95. The average Bonchev–Trinajstić information content (AvgIpc) is 3.56. The SMILES string of the molecule is c1ccc(-c2nc(-c3ccc(-c4ccc(-c5nc6ccccc6c6c5ccc5c7ccccc7sc56)cc4)cc3)nc3ccccc23)cc1. The Morgan fingerprint density at radius 2 is 0.857 bits per heavy atom. The number of hydrogen-bond donors (Lipinski definition) is 0. The van der Waals surface area contributed by atoms with Gasteiger partial charge in [0.1, 0.15) is 0 Å². The molecule has 3 heterocycles. The molecule has 0 fully saturated rings. The van der Waals surface area contributed by atoms with Crippen LogP contribution >= 0.6 is 11.3 Å². The van der Waals surface area contributed by atoms with E-state index in [-0.39, 0.29) is 0 Å². The summed E-state index contributed by atoms with van der Waals surface area (Å²) in [5.74, 6) is 0.724. The summed E-state index contributed by atoms with van der Waals surface area (Å²) in [6.07, 6.45) is 0. The van der Waals surface area contributed by atoms with Crippen molar-refractivity contribution < 1.29 is 0 Å². The first-order chi connectivity index (χ1) is 24.3. The van der Waals surface area contributed by atoms with Crippen molar-refractivity contribution in [2.45, 2.75) is 0 Å². The second-order valence-electron chi connectivity index (χ2n) is 12.4. The molecule has 10 aromatic rings. The molecule has 0 aliphatic carbocycles. The number of hydrogen-bond acceptors (Lipinski definition) is 4. The predicted molar refractivity (Wildman–Crippen MR) is 207 cm³/mol. The van der Waals surface area contributed by atoms with Gasteiger partial charge in [0.15, 0.2) is 5.82 Å². The molecule has 3 nitrogen and oxygen atoms in total. The first-order valence-corrected chi connectivity index (χ1v) is 17.3. The van der Waals surface area contributed by atoms with Crippen LogP contribution in [0.1, 0.15) is 0 Å². The molecule has 49 heavy (non-hydrogen) atoms. The quantitative estimate of drug-likeness (QED) is 0.180. The van der Waals surface area contributed by atoms with Gasteiger partial charge in [-0.3, -0.25) is 0 Å². The maximum Gasteiger partial charge on any atom is 0.160 e. The van der Waals surface area contributed by atoms with E-state index in [1.165, 1.54) is 36.3 Å². The molecule has 0 bridgehead atoms. The Kier molecular flexibility index (Phi) is 6.36. The largest absolute Gasteiger partial charge is 0.247 e. The molecule has 0 atom stereocenters. The van der Waals surface area contributed by atoms with Crippen molar-refractivity contribution in [1.29, 1.82) is 0 Å². The number of thiophene rings is 1. The van der Waals surface area contributed by atoms with E-state index >= 15 is 0 Å². The Bertz CT molecular complexity index is 2860. The standard InChI is InChI=1S/C45H27N3S/c1-2-10-30(11-3-1)42-36-14-5-8-16-39(36)47-45(48-42)32-24-20-29(21-25-32)28-18-22-31(23-19-28)43-37-27-26-34-33-12-6-9-17-40(33)49-44(34)41(37)35-13-4-7-15-38(35)46-43/h1-27H. The van der Waals surface area contributed by atoms with Gasteiger partial charge in [0, 0.05) is 58.4 Å². The number of fused-ring (bicyclic) bond motifs is 8. The second kappa shape index (κ2) is 11.2. The molecule has 7 aromatic carbocycles. The summed E-state index contributed by atoms with van der Waals surface area (Å²) in [5, 5.41) is 7.33. The van der Waals surface area contributed by atoms with Crippen LogP contribution in [0.5, 0.6) is 0 Å². The molecule has 3 aromatic heterocycles. The summed E-state index contributed by atoms with van der Waals surface area (Å²) < 4.78 is 2.63. The van der Waals surface area contributed by atoms with Gasteiger partial charge in [-0.15, -0.1) is 11.3 Å². The summed E-state index contributed by atoms with van der Waals surface area (Å²) in [7, 11) is 0. The maximum absolute atomic E-state index is 5.22. The highest BCUT2D eigenvalue weighted by Crippen LogP contribution is 2.43. The van der Waals surface area contributed by atoms with E-state index in [9.17, 15) is 0 Å². The number of benzene rings is 7. The van der Waals surface area contributed by atoms with E-state index < -0.39 is 0 Å². The van der Waals surface area contributed by atoms with Gasteiger partial charge in [-0.2, -0.15) is 0 Å². The third-order valence-corrected chi connectivity index (χ3v) is 10.7. The molecule has 0 saturated heterocycles. The zero-order valence-corrected chi connectivity index (χ0v) is 27.2. The fourth-order valence-corrected chi connectivity index (χ4v) is 8.36. The molecule has 0 unspecified atom stereocenters. The molecule has 0 amide bonds. The number of rotatable bonds is 4. The summed E-state index contributed by atoms with van der Waals surface area (Å²) in [4.78, 5) is 15.2. The number of para-hydroxylation sites is 2. The second-order valence-corrected chi connectivity index (χ2v) is 13.4. The number of nitrogens with zero attached hydrogens (tertiary/aromatic N) is 3. The van der Waals surface area contributed by atoms with E-state index in [1.807, 2.05) is 29.5 Å². The Labute approximate surface area is 286 Å². The third kappa shape index (κ3) is 4.61. The van der Waals surface area contributed by atoms with Gasteiger partial charge in [-0.1, -0.05) is 146 Å². The van der Waals surface area contributed by atoms with E-state index in [1.54, 1.807) is 0 Å². The lowest BCUT2D eigenvalue weighted by Gasteiger charge is -2.12. The van der Waals surface area contributed by atoms with E-state index in [0.717, 1.165) is 61.4 Å². The van der Waals surface area contributed by atoms with Crippen molar-refractivity contribution in [3.05, 3.63) is 164 Å². The molecule has 0 spiro atoms. The molecule has 10 rings (SSSR count). The highest BCUT2D eigenvalue weighted by Gasteiger charge is 2.16. The van der Waals surface area contributed by atoms with E-state index in [4.69, 9.17) is 15.0 Å². The van der Waals surface area contributed by atoms with Gasteiger partial charge in [0.25, 0.3) is 0 Å². The van der Waals surface area contributed by atoms with Gasteiger partial charge in [-0.05, 0) is 29.3 Å². The van der Waals surface area contributed by atoms with Crippen LogP contribution in [0.4, 0.5) is 0 Å². The van der Waals surface area contributed by atoms with Crippen LogP contribution in [0.25, 0.3) is 97.8 Å². The fourth-order valence-electron chi connectivity index (χ4n) is 7.09. The average molecular weight is 642 g/mol. The maximum atomic E-state index is 5.22. The Morgan fingerprint density at radius 1 is 0.327 bits per heavy atom. The normalized spacial score (nSPS) is 11.7. The highest BCUT2D eigenvalue weighted by atomic mass is 32.1. The third-order valence-electron chi connectivity index (χ3n) is 9.49.